The van der Waals surface area contributed by atoms with Gasteiger partial charge in [0.2, 0.25) is 5.91 Å². The first kappa shape index (κ1) is 23.0. The predicted octanol–water partition coefficient (Wildman–Crippen LogP) is 5.02. The maximum Gasteiger partial charge on any atom is 0.387 e. The Labute approximate surface area is 195 Å². The number of nitrogens with zero attached hydrogens (tertiary/aromatic N) is 2. The molecular formula is C26H23F2N3O3. The van der Waals surface area contributed by atoms with Gasteiger partial charge in [-0.1, -0.05) is 48.5 Å². The minimum Gasteiger partial charge on any atom is -0.493 e. The number of ether oxygens (including phenoxy) is 2. The van der Waals surface area contributed by atoms with Crippen molar-refractivity contribution in [1.29, 1.82) is 0 Å². The lowest BCUT2D eigenvalue weighted by Gasteiger charge is -2.12. The van der Waals surface area contributed by atoms with E-state index in [0.717, 1.165) is 22.2 Å². The Morgan fingerprint density at radius 2 is 1.82 bits per heavy atom. The number of carbonyl (C=O) groups excluding carboxylic acids is 1. The second-order valence-electron chi connectivity index (χ2n) is 7.49. The quantitative estimate of drug-likeness (QED) is 0.354. The fraction of sp³-hybridized carbons (Fsp3) is 0.154. The summed E-state index contributed by atoms with van der Waals surface area (Å²) in [6, 6.07) is 20.6. The number of hydrogen-bond acceptors (Lipinski definition) is 4. The van der Waals surface area contributed by atoms with E-state index in [1.807, 2.05) is 54.9 Å². The molecule has 1 N–H and O–H groups in total. The Morgan fingerprint density at radius 3 is 2.59 bits per heavy atom. The SMILES string of the molecule is COc1cccc(/C=C/C(=O)NCc2ccc(Cn3cnc4ccccc43)cc2)c1OC(F)F. The maximum absolute atomic E-state index is 12.7. The van der Waals surface area contributed by atoms with Crippen LogP contribution in [0.4, 0.5) is 8.78 Å². The molecule has 0 bridgehead atoms. The number of hydrogen-bond donors (Lipinski definition) is 1. The minimum atomic E-state index is -3.01. The molecule has 0 radical (unpaired) electrons. The van der Waals surface area contributed by atoms with Crippen molar-refractivity contribution >= 4 is 23.0 Å². The third kappa shape index (κ3) is 5.58. The Kier molecular flexibility index (Phi) is 7.17. The fourth-order valence-electron chi connectivity index (χ4n) is 3.55. The van der Waals surface area contributed by atoms with Gasteiger partial charge in [0.1, 0.15) is 0 Å². The van der Waals surface area contributed by atoms with Gasteiger partial charge in [0.25, 0.3) is 0 Å². The fourth-order valence-corrected chi connectivity index (χ4v) is 3.55. The molecule has 0 aliphatic rings. The molecule has 1 aromatic heterocycles. The van der Waals surface area contributed by atoms with Gasteiger partial charge in [-0.15, -0.1) is 0 Å². The molecule has 1 heterocycles. The first-order valence-corrected chi connectivity index (χ1v) is 10.6. The van der Waals surface area contributed by atoms with Crippen molar-refractivity contribution in [3.63, 3.8) is 0 Å². The molecule has 0 unspecified atom stereocenters. The van der Waals surface area contributed by atoms with Gasteiger partial charge in [-0.05, 0) is 35.4 Å². The van der Waals surface area contributed by atoms with Gasteiger partial charge >= 0.3 is 6.61 Å². The van der Waals surface area contributed by atoms with E-state index in [4.69, 9.17) is 4.74 Å². The molecule has 174 valence electrons. The number of amides is 1. The van der Waals surface area contributed by atoms with Crippen LogP contribution in [0, 0.1) is 0 Å². The molecule has 0 spiro atoms. The summed E-state index contributed by atoms with van der Waals surface area (Å²) in [5.74, 6) is -0.322. The van der Waals surface area contributed by atoms with E-state index < -0.39 is 6.61 Å². The molecule has 6 nitrogen and oxygen atoms in total. The van der Waals surface area contributed by atoms with E-state index in [1.165, 1.54) is 25.3 Å². The molecular weight excluding hydrogens is 440 g/mol. The second kappa shape index (κ2) is 10.6. The molecule has 3 aromatic carbocycles. The number of nitrogens with one attached hydrogen (secondary N) is 1. The summed E-state index contributed by atoms with van der Waals surface area (Å²) in [4.78, 5) is 16.7. The number of benzene rings is 3. The number of imidazole rings is 1. The standard InChI is InChI=1S/C26H23F2N3O3/c1-33-23-8-4-5-20(25(23)34-26(27)28)13-14-24(32)29-15-18-9-11-19(12-10-18)16-31-17-30-21-6-2-3-7-22(21)31/h2-14,17,26H,15-16H2,1H3,(H,29,32)/b14-13+. The van der Waals surface area contributed by atoms with E-state index in [0.29, 0.717) is 18.7 Å². The van der Waals surface area contributed by atoms with Gasteiger partial charge in [-0.2, -0.15) is 8.78 Å². The largest absolute Gasteiger partial charge is 0.493 e. The first-order chi connectivity index (χ1) is 16.5. The molecule has 0 atom stereocenters. The number of methoxy groups -OCH3 is 1. The van der Waals surface area contributed by atoms with Crippen LogP contribution in [-0.2, 0) is 17.9 Å². The normalized spacial score (nSPS) is 11.3. The highest BCUT2D eigenvalue weighted by Gasteiger charge is 2.14. The van der Waals surface area contributed by atoms with Gasteiger partial charge < -0.3 is 19.4 Å². The summed E-state index contributed by atoms with van der Waals surface area (Å²) in [5.41, 5.74) is 4.39. The number of rotatable bonds is 9. The van der Waals surface area contributed by atoms with Crippen molar-refractivity contribution in [1.82, 2.24) is 14.9 Å². The third-order valence-corrected chi connectivity index (χ3v) is 5.22. The number of para-hydroxylation sites is 3. The molecule has 4 rings (SSSR count). The van der Waals surface area contributed by atoms with E-state index in [1.54, 1.807) is 12.1 Å². The number of halogens is 2. The summed E-state index contributed by atoms with van der Waals surface area (Å²) < 4.78 is 37.2. The maximum atomic E-state index is 12.7. The van der Waals surface area contributed by atoms with Crippen LogP contribution in [0.15, 0.2) is 79.1 Å². The van der Waals surface area contributed by atoms with Crippen molar-refractivity contribution in [2.24, 2.45) is 0 Å². The van der Waals surface area contributed by atoms with Crippen molar-refractivity contribution in [2.45, 2.75) is 19.7 Å². The average molecular weight is 463 g/mol. The topological polar surface area (TPSA) is 65.4 Å². The Hall–Kier alpha value is -4.20. The summed E-state index contributed by atoms with van der Waals surface area (Å²) in [7, 11) is 1.36. The highest BCUT2D eigenvalue weighted by atomic mass is 19.3. The van der Waals surface area contributed by atoms with E-state index in [9.17, 15) is 13.6 Å². The van der Waals surface area contributed by atoms with Crippen LogP contribution in [-0.4, -0.2) is 29.2 Å². The molecule has 0 aliphatic heterocycles. The minimum absolute atomic E-state index is 0.120. The number of carbonyl (C=O) groups is 1. The van der Waals surface area contributed by atoms with Crippen LogP contribution in [0.5, 0.6) is 11.5 Å². The summed E-state index contributed by atoms with van der Waals surface area (Å²) in [6.45, 7) is -1.98. The van der Waals surface area contributed by atoms with Crippen LogP contribution in [0.1, 0.15) is 16.7 Å². The summed E-state index contributed by atoms with van der Waals surface area (Å²) >= 11 is 0. The molecule has 4 aromatic rings. The van der Waals surface area contributed by atoms with Crippen molar-refractivity contribution in [2.75, 3.05) is 7.11 Å². The Balaban J connectivity index is 1.35. The lowest BCUT2D eigenvalue weighted by molar-refractivity contribution is -0.116. The molecule has 1 amide bonds. The number of aromatic nitrogens is 2. The third-order valence-electron chi connectivity index (χ3n) is 5.22. The van der Waals surface area contributed by atoms with Gasteiger partial charge in [-0.3, -0.25) is 4.79 Å². The molecule has 0 fully saturated rings. The smallest absolute Gasteiger partial charge is 0.387 e. The van der Waals surface area contributed by atoms with E-state index in [2.05, 4.69) is 19.6 Å². The Morgan fingerprint density at radius 1 is 1.06 bits per heavy atom. The zero-order chi connectivity index (χ0) is 23.9. The zero-order valence-corrected chi connectivity index (χ0v) is 18.4. The molecule has 0 aliphatic carbocycles. The van der Waals surface area contributed by atoms with Gasteiger partial charge in [0.15, 0.2) is 11.5 Å². The number of alkyl halides is 2. The lowest BCUT2D eigenvalue weighted by Crippen LogP contribution is -2.20. The Bertz CT molecular complexity index is 1300. The van der Waals surface area contributed by atoms with Crippen molar-refractivity contribution in [3.8, 4) is 11.5 Å². The zero-order valence-electron chi connectivity index (χ0n) is 18.4. The molecule has 0 saturated carbocycles. The second-order valence-corrected chi connectivity index (χ2v) is 7.49. The van der Waals surface area contributed by atoms with E-state index in [-0.39, 0.29) is 17.4 Å². The van der Waals surface area contributed by atoms with Crippen molar-refractivity contribution < 1.29 is 23.0 Å². The van der Waals surface area contributed by atoms with Gasteiger partial charge in [0, 0.05) is 24.7 Å². The summed E-state index contributed by atoms with van der Waals surface area (Å²) in [6.07, 6.45) is 4.50. The van der Waals surface area contributed by atoms with E-state index >= 15 is 0 Å². The summed E-state index contributed by atoms with van der Waals surface area (Å²) in [5, 5.41) is 2.79. The molecule has 8 heteroatoms. The highest BCUT2D eigenvalue weighted by Crippen LogP contribution is 2.33. The van der Waals surface area contributed by atoms with Gasteiger partial charge in [-0.25, -0.2) is 4.98 Å². The number of fused-ring (bicyclic) bond motifs is 1. The lowest BCUT2D eigenvalue weighted by atomic mass is 10.1. The van der Waals surface area contributed by atoms with Crippen LogP contribution in [0.2, 0.25) is 0 Å². The molecule has 34 heavy (non-hydrogen) atoms. The first-order valence-electron chi connectivity index (χ1n) is 10.6. The van der Waals surface area contributed by atoms with Crippen LogP contribution in [0.25, 0.3) is 17.1 Å². The highest BCUT2D eigenvalue weighted by molar-refractivity contribution is 5.92. The molecule has 0 saturated heterocycles. The average Bonchev–Trinajstić information content (AvgIpc) is 3.25. The predicted molar refractivity (Wildman–Crippen MR) is 126 cm³/mol. The van der Waals surface area contributed by atoms with Crippen LogP contribution >= 0.6 is 0 Å². The van der Waals surface area contributed by atoms with Crippen molar-refractivity contribution in [3.05, 3.63) is 95.8 Å². The van der Waals surface area contributed by atoms with Crippen LogP contribution < -0.4 is 14.8 Å². The van der Waals surface area contributed by atoms with Crippen LogP contribution in [0.3, 0.4) is 0 Å². The monoisotopic (exact) mass is 463 g/mol. The van der Waals surface area contributed by atoms with Gasteiger partial charge in [0.05, 0.1) is 24.5 Å².